The first-order chi connectivity index (χ1) is 12.9. The van der Waals surface area contributed by atoms with Crippen LogP contribution in [0.5, 0.6) is 11.5 Å². The molecule has 0 saturated carbocycles. The van der Waals surface area contributed by atoms with Gasteiger partial charge in [-0.15, -0.1) is 0 Å². The molecule has 0 spiro atoms. The fourth-order valence-corrected chi connectivity index (χ4v) is 5.22. The van der Waals surface area contributed by atoms with Gasteiger partial charge in [-0.05, 0) is 66.1 Å². The summed E-state index contributed by atoms with van der Waals surface area (Å²) in [5.41, 5.74) is 3.29. The third kappa shape index (κ3) is 3.69. The van der Waals surface area contributed by atoms with Gasteiger partial charge in [0.25, 0.3) is 0 Å². The van der Waals surface area contributed by atoms with Crippen LogP contribution >= 0.6 is 0 Å². The molecule has 5 nitrogen and oxygen atoms in total. The highest BCUT2D eigenvalue weighted by Gasteiger charge is 2.26. The Kier molecular flexibility index (Phi) is 4.86. The van der Waals surface area contributed by atoms with Crippen LogP contribution in [0.2, 0.25) is 0 Å². The molecule has 0 unspecified atom stereocenters. The minimum absolute atomic E-state index is 0.0803. The molecule has 4 rings (SSSR count). The Morgan fingerprint density at radius 2 is 1.67 bits per heavy atom. The van der Waals surface area contributed by atoms with Crippen molar-refractivity contribution in [3.05, 3.63) is 53.1 Å². The van der Waals surface area contributed by atoms with Crippen molar-refractivity contribution in [1.29, 1.82) is 0 Å². The molecule has 0 saturated heterocycles. The predicted octanol–water partition coefficient (Wildman–Crippen LogP) is 3.62. The number of hydrogen-bond donors (Lipinski definition) is 1. The molecule has 1 aliphatic carbocycles. The lowest BCUT2D eigenvalue weighted by molar-refractivity contribution is 0.171. The average molecular weight is 388 g/mol. The van der Waals surface area contributed by atoms with E-state index in [-0.39, 0.29) is 12.0 Å². The Morgan fingerprint density at radius 3 is 2.44 bits per heavy atom. The van der Waals surface area contributed by atoms with Crippen molar-refractivity contribution in [2.75, 3.05) is 13.2 Å². The number of fused-ring (bicyclic) bond motifs is 2. The Bertz CT molecular complexity index is 953. The molecule has 1 heterocycles. The van der Waals surface area contributed by atoms with Gasteiger partial charge in [-0.3, -0.25) is 0 Å². The summed E-state index contributed by atoms with van der Waals surface area (Å²) in [4.78, 5) is 0.339. The van der Waals surface area contributed by atoms with Crippen molar-refractivity contribution in [3.63, 3.8) is 0 Å². The SMILES string of the molecule is CC(C)[C@H](NS(=O)(=O)c1ccc2c(c1)CCC2)c1ccc2c(c1)OCCO2. The molecule has 2 aromatic carbocycles. The van der Waals surface area contributed by atoms with Crippen LogP contribution in [0.4, 0.5) is 0 Å². The van der Waals surface area contributed by atoms with Crippen LogP contribution in [0.15, 0.2) is 41.3 Å². The third-order valence-corrected chi connectivity index (χ3v) is 6.69. The molecule has 0 amide bonds. The summed E-state index contributed by atoms with van der Waals surface area (Å²) >= 11 is 0. The lowest BCUT2D eigenvalue weighted by atomic mass is 9.97. The van der Waals surface area contributed by atoms with Crippen LogP contribution < -0.4 is 14.2 Å². The van der Waals surface area contributed by atoms with E-state index in [1.54, 1.807) is 6.07 Å². The van der Waals surface area contributed by atoms with E-state index in [2.05, 4.69) is 4.72 Å². The number of sulfonamides is 1. The Hall–Kier alpha value is -2.05. The highest BCUT2D eigenvalue weighted by atomic mass is 32.2. The summed E-state index contributed by atoms with van der Waals surface area (Å²) in [6.07, 6.45) is 3.08. The van der Waals surface area contributed by atoms with Gasteiger partial charge in [-0.1, -0.05) is 26.0 Å². The molecule has 2 aliphatic rings. The van der Waals surface area contributed by atoms with Crippen LogP contribution in [0.1, 0.15) is 43.0 Å². The van der Waals surface area contributed by atoms with E-state index in [0.29, 0.717) is 29.6 Å². The van der Waals surface area contributed by atoms with Gasteiger partial charge in [0.1, 0.15) is 13.2 Å². The van der Waals surface area contributed by atoms with Crippen molar-refractivity contribution in [2.45, 2.75) is 44.0 Å². The van der Waals surface area contributed by atoms with Crippen molar-refractivity contribution in [2.24, 2.45) is 5.92 Å². The van der Waals surface area contributed by atoms with E-state index in [9.17, 15) is 8.42 Å². The minimum Gasteiger partial charge on any atom is -0.486 e. The van der Waals surface area contributed by atoms with Crippen LogP contribution in [0.3, 0.4) is 0 Å². The zero-order valence-corrected chi connectivity index (χ0v) is 16.5. The fraction of sp³-hybridized carbons (Fsp3) is 0.429. The zero-order chi connectivity index (χ0) is 19.0. The fourth-order valence-electron chi connectivity index (χ4n) is 3.79. The predicted molar refractivity (Wildman–Crippen MR) is 104 cm³/mol. The van der Waals surface area contributed by atoms with Gasteiger partial charge in [0, 0.05) is 6.04 Å². The van der Waals surface area contributed by atoms with Crippen LogP contribution in [-0.4, -0.2) is 21.6 Å². The van der Waals surface area contributed by atoms with Gasteiger partial charge in [0.2, 0.25) is 10.0 Å². The first-order valence-electron chi connectivity index (χ1n) is 9.48. The first-order valence-corrected chi connectivity index (χ1v) is 11.0. The average Bonchev–Trinajstić information content (AvgIpc) is 3.13. The molecule has 1 N–H and O–H groups in total. The quantitative estimate of drug-likeness (QED) is 0.851. The van der Waals surface area contributed by atoms with Gasteiger partial charge in [-0.25, -0.2) is 13.1 Å². The van der Waals surface area contributed by atoms with Crippen LogP contribution in [0.25, 0.3) is 0 Å². The number of nitrogens with one attached hydrogen (secondary N) is 1. The second-order valence-electron chi connectivity index (χ2n) is 7.53. The summed E-state index contributed by atoms with van der Waals surface area (Å²) in [6, 6.07) is 10.8. The van der Waals surface area contributed by atoms with E-state index in [0.717, 1.165) is 30.4 Å². The molecule has 1 aliphatic heterocycles. The molecule has 0 aromatic heterocycles. The van der Waals surface area contributed by atoms with Gasteiger partial charge < -0.3 is 9.47 Å². The van der Waals surface area contributed by atoms with E-state index in [4.69, 9.17) is 9.47 Å². The van der Waals surface area contributed by atoms with Crippen LogP contribution in [0, 0.1) is 5.92 Å². The number of ether oxygens (including phenoxy) is 2. The smallest absolute Gasteiger partial charge is 0.241 e. The maximum Gasteiger partial charge on any atom is 0.241 e. The van der Waals surface area contributed by atoms with E-state index in [1.165, 1.54) is 5.56 Å². The normalized spacial score (nSPS) is 17.0. The molecule has 1 atom stereocenters. The topological polar surface area (TPSA) is 64.6 Å². The van der Waals surface area contributed by atoms with Crippen molar-refractivity contribution < 1.29 is 17.9 Å². The van der Waals surface area contributed by atoms with Crippen molar-refractivity contribution >= 4 is 10.0 Å². The van der Waals surface area contributed by atoms with Gasteiger partial charge in [-0.2, -0.15) is 0 Å². The highest BCUT2D eigenvalue weighted by molar-refractivity contribution is 7.89. The van der Waals surface area contributed by atoms with E-state index < -0.39 is 10.0 Å². The molecular weight excluding hydrogens is 362 g/mol. The van der Waals surface area contributed by atoms with Crippen molar-refractivity contribution in [3.8, 4) is 11.5 Å². The summed E-state index contributed by atoms with van der Waals surface area (Å²) < 4.78 is 40.2. The molecule has 2 aromatic rings. The number of aryl methyl sites for hydroxylation is 2. The molecule has 0 radical (unpaired) electrons. The zero-order valence-electron chi connectivity index (χ0n) is 15.7. The summed E-state index contributed by atoms with van der Waals surface area (Å²) in [5.74, 6) is 1.45. The highest BCUT2D eigenvalue weighted by Crippen LogP contribution is 2.35. The molecular formula is C21H25NO4S. The first kappa shape index (κ1) is 18.3. The molecule has 0 fully saturated rings. The lowest BCUT2D eigenvalue weighted by Gasteiger charge is -2.25. The Morgan fingerprint density at radius 1 is 0.926 bits per heavy atom. The second-order valence-corrected chi connectivity index (χ2v) is 9.24. The molecule has 6 heteroatoms. The van der Waals surface area contributed by atoms with E-state index >= 15 is 0 Å². The Balaban J connectivity index is 1.63. The summed E-state index contributed by atoms with van der Waals surface area (Å²) in [5, 5.41) is 0. The Labute approximate surface area is 160 Å². The molecule has 144 valence electrons. The number of rotatable bonds is 5. The second kappa shape index (κ2) is 7.17. The van der Waals surface area contributed by atoms with Gasteiger partial charge >= 0.3 is 0 Å². The number of benzene rings is 2. The summed E-state index contributed by atoms with van der Waals surface area (Å²) in [7, 11) is -3.62. The molecule has 0 bridgehead atoms. The monoisotopic (exact) mass is 387 g/mol. The number of hydrogen-bond acceptors (Lipinski definition) is 4. The minimum atomic E-state index is -3.62. The molecule has 27 heavy (non-hydrogen) atoms. The third-order valence-electron chi connectivity index (χ3n) is 5.25. The van der Waals surface area contributed by atoms with Gasteiger partial charge in [0.05, 0.1) is 4.90 Å². The summed E-state index contributed by atoms with van der Waals surface area (Å²) in [6.45, 7) is 5.05. The van der Waals surface area contributed by atoms with Crippen LogP contribution in [-0.2, 0) is 22.9 Å². The van der Waals surface area contributed by atoms with E-state index in [1.807, 2.05) is 44.2 Å². The lowest BCUT2D eigenvalue weighted by Crippen LogP contribution is -2.32. The standard InChI is InChI=1S/C21H25NO4S/c1-14(2)21(17-7-9-19-20(13-17)26-11-10-25-19)22-27(23,24)18-8-6-15-4-3-5-16(15)12-18/h6-9,12-14,21-22H,3-5,10-11H2,1-2H3/t21-/m0/s1. The van der Waals surface area contributed by atoms with Crippen molar-refractivity contribution in [1.82, 2.24) is 4.72 Å². The van der Waals surface area contributed by atoms with Gasteiger partial charge in [0.15, 0.2) is 11.5 Å². The maximum absolute atomic E-state index is 13.0. The maximum atomic E-state index is 13.0. The largest absolute Gasteiger partial charge is 0.486 e.